The predicted octanol–water partition coefficient (Wildman–Crippen LogP) is 4.05. The topological polar surface area (TPSA) is 11.8 Å². The molecule has 0 aliphatic heterocycles. The third-order valence-electron chi connectivity index (χ3n) is 4.81. The second-order valence-corrected chi connectivity index (χ2v) is 6.48. The number of aromatic nitrogens is 2. The molecular formula is C21H18N3+. The van der Waals surface area contributed by atoms with Crippen LogP contribution in [0.5, 0.6) is 0 Å². The van der Waals surface area contributed by atoms with Crippen LogP contribution < -0.4 is 9.30 Å². The number of rotatable bonds is 1. The number of nitrogens with zero attached hydrogens (tertiary/aromatic N) is 3. The molecule has 3 heterocycles. The molecule has 0 amide bonds. The first-order valence-corrected chi connectivity index (χ1v) is 8.17. The molecule has 3 aromatic heterocycles. The van der Waals surface area contributed by atoms with Crippen molar-refractivity contribution in [1.82, 2.24) is 4.40 Å². The van der Waals surface area contributed by atoms with Crippen molar-refractivity contribution < 1.29 is 4.40 Å². The minimum absolute atomic E-state index is 1.19. The van der Waals surface area contributed by atoms with E-state index in [1.165, 1.54) is 38.7 Å². The van der Waals surface area contributed by atoms with E-state index in [4.69, 9.17) is 0 Å². The Morgan fingerprint density at radius 2 is 1.67 bits per heavy atom. The Hall–Kier alpha value is -3.07. The molecule has 0 saturated carbocycles. The second-order valence-electron chi connectivity index (χ2n) is 6.48. The Morgan fingerprint density at radius 1 is 0.833 bits per heavy atom. The van der Waals surface area contributed by atoms with E-state index < -0.39 is 0 Å². The van der Waals surface area contributed by atoms with Gasteiger partial charge >= 0.3 is 0 Å². The van der Waals surface area contributed by atoms with Gasteiger partial charge in [0.25, 0.3) is 5.65 Å². The Kier molecular flexibility index (Phi) is 2.63. The van der Waals surface area contributed by atoms with Crippen molar-refractivity contribution in [3.63, 3.8) is 0 Å². The van der Waals surface area contributed by atoms with E-state index in [0.717, 1.165) is 0 Å². The first-order valence-electron chi connectivity index (χ1n) is 8.17. The van der Waals surface area contributed by atoms with Crippen LogP contribution in [0.25, 0.3) is 33.0 Å². The van der Waals surface area contributed by atoms with Gasteiger partial charge in [-0.15, -0.1) is 0 Å². The average Bonchev–Trinajstić information content (AvgIpc) is 3.00. The van der Waals surface area contributed by atoms with Gasteiger partial charge in [-0.25, -0.2) is 0 Å². The highest BCUT2D eigenvalue weighted by atomic mass is 15.1. The smallest absolute Gasteiger partial charge is 0.292 e. The maximum atomic E-state index is 2.33. The first kappa shape index (κ1) is 13.4. The molecule has 5 rings (SSSR count). The molecule has 3 heteroatoms. The van der Waals surface area contributed by atoms with Gasteiger partial charge in [-0.2, -0.15) is 8.80 Å². The van der Waals surface area contributed by atoms with Crippen LogP contribution in [0.4, 0.5) is 5.69 Å². The van der Waals surface area contributed by atoms with Crippen LogP contribution in [-0.2, 0) is 0 Å². The third-order valence-corrected chi connectivity index (χ3v) is 4.81. The predicted molar refractivity (Wildman–Crippen MR) is 99.9 cm³/mol. The average molecular weight is 312 g/mol. The number of hydrogen-bond acceptors (Lipinski definition) is 1. The molecule has 0 fully saturated rings. The first-order chi connectivity index (χ1) is 11.7. The molecule has 3 nitrogen and oxygen atoms in total. The van der Waals surface area contributed by atoms with E-state index >= 15 is 0 Å². The highest BCUT2D eigenvalue weighted by Gasteiger charge is 2.16. The zero-order chi connectivity index (χ0) is 16.3. The van der Waals surface area contributed by atoms with E-state index in [9.17, 15) is 0 Å². The second kappa shape index (κ2) is 4.71. The Balaban J connectivity index is 1.95. The maximum absolute atomic E-state index is 2.33. The van der Waals surface area contributed by atoms with Crippen molar-refractivity contribution in [3.8, 4) is 0 Å². The summed E-state index contributed by atoms with van der Waals surface area (Å²) in [4.78, 5) is 2.14. The summed E-state index contributed by atoms with van der Waals surface area (Å²) >= 11 is 0. The highest BCUT2D eigenvalue weighted by molar-refractivity contribution is 5.86. The maximum Gasteiger partial charge on any atom is 0.292 e. The zero-order valence-corrected chi connectivity index (χ0v) is 13.8. The van der Waals surface area contributed by atoms with Gasteiger partial charge in [0.15, 0.2) is 5.52 Å². The third kappa shape index (κ3) is 1.75. The van der Waals surface area contributed by atoms with E-state index in [1.807, 2.05) is 0 Å². The van der Waals surface area contributed by atoms with Gasteiger partial charge in [0, 0.05) is 36.6 Å². The standard InChI is InChI=1S/C21H18N3/c1-22(2)17-10-11-19-16(13-17)8-12-21-23(19)14-18-9-7-15-5-3-4-6-20(15)24(18)21/h3-14H,1-2H3/q+1. The summed E-state index contributed by atoms with van der Waals surface area (Å²) in [7, 11) is 4.15. The molecule has 116 valence electrons. The highest BCUT2D eigenvalue weighted by Crippen LogP contribution is 2.23. The minimum Gasteiger partial charge on any atom is -0.378 e. The molecule has 0 unspecified atom stereocenters. The summed E-state index contributed by atoms with van der Waals surface area (Å²) in [6.45, 7) is 0. The molecule has 24 heavy (non-hydrogen) atoms. The Labute approximate surface area is 140 Å². The number of fused-ring (bicyclic) bond motifs is 7. The van der Waals surface area contributed by atoms with Gasteiger partial charge in [-0.1, -0.05) is 18.2 Å². The van der Waals surface area contributed by atoms with Crippen molar-refractivity contribution in [3.05, 3.63) is 72.9 Å². The lowest BCUT2D eigenvalue weighted by atomic mass is 10.2. The van der Waals surface area contributed by atoms with Gasteiger partial charge in [-0.05, 0) is 42.5 Å². The molecule has 5 aromatic rings. The van der Waals surface area contributed by atoms with E-state index in [0.29, 0.717) is 0 Å². The van der Waals surface area contributed by atoms with Crippen LogP contribution in [0.3, 0.4) is 0 Å². The molecular weight excluding hydrogens is 294 g/mol. The molecule has 0 aliphatic carbocycles. The lowest BCUT2D eigenvalue weighted by Gasteiger charge is -2.12. The summed E-state index contributed by atoms with van der Waals surface area (Å²) < 4.78 is 4.62. The largest absolute Gasteiger partial charge is 0.378 e. The SMILES string of the molecule is CN(C)c1ccc2c(ccc3n4c(ccc5ccccc54)c[n+]23)c1. The van der Waals surface area contributed by atoms with Crippen molar-refractivity contribution in [2.24, 2.45) is 0 Å². The molecule has 0 bridgehead atoms. The fraction of sp³-hybridized carbons (Fsp3) is 0.0952. The normalized spacial score (nSPS) is 11.8. The van der Waals surface area contributed by atoms with Crippen LogP contribution in [-0.4, -0.2) is 18.5 Å². The number of pyridine rings is 2. The fourth-order valence-electron chi connectivity index (χ4n) is 3.57. The van der Waals surface area contributed by atoms with Crippen LogP contribution in [0.2, 0.25) is 0 Å². The van der Waals surface area contributed by atoms with Crippen LogP contribution in [0.15, 0.2) is 72.9 Å². The number of imidazole rings is 1. The number of hydrogen-bond donors (Lipinski definition) is 0. The summed E-state index contributed by atoms with van der Waals surface area (Å²) in [6.07, 6.45) is 2.22. The van der Waals surface area contributed by atoms with Crippen LogP contribution >= 0.6 is 0 Å². The molecule has 0 N–H and O–H groups in total. The fourth-order valence-corrected chi connectivity index (χ4v) is 3.57. The van der Waals surface area contributed by atoms with Gasteiger partial charge < -0.3 is 4.90 Å². The number of anilines is 1. The van der Waals surface area contributed by atoms with E-state index in [-0.39, 0.29) is 0 Å². The molecule has 0 aliphatic rings. The molecule has 0 saturated heterocycles. The zero-order valence-electron chi connectivity index (χ0n) is 13.8. The summed E-state index contributed by atoms with van der Waals surface area (Å²) in [5.74, 6) is 0. The van der Waals surface area contributed by atoms with Gasteiger partial charge in [0.1, 0.15) is 17.2 Å². The van der Waals surface area contributed by atoms with Gasteiger partial charge in [0.2, 0.25) is 0 Å². The lowest BCUT2D eigenvalue weighted by Crippen LogP contribution is -2.20. The quantitative estimate of drug-likeness (QED) is 0.425. The molecule has 0 atom stereocenters. The number of benzene rings is 2. The van der Waals surface area contributed by atoms with Crippen LogP contribution in [0, 0.1) is 0 Å². The minimum atomic E-state index is 1.19. The lowest BCUT2D eigenvalue weighted by molar-refractivity contribution is -0.479. The van der Waals surface area contributed by atoms with Crippen molar-refractivity contribution in [2.75, 3.05) is 19.0 Å². The van der Waals surface area contributed by atoms with Crippen molar-refractivity contribution >= 4 is 38.7 Å². The molecule has 0 spiro atoms. The Morgan fingerprint density at radius 3 is 2.54 bits per heavy atom. The summed E-state index contributed by atoms with van der Waals surface area (Å²) in [5.41, 5.74) is 6.08. The van der Waals surface area contributed by atoms with Crippen molar-refractivity contribution in [1.29, 1.82) is 0 Å². The van der Waals surface area contributed by atoms with Gasteiger partial charge in [-0.3, -0.25) is 0 Å². The molecule has 0 radical (unpaired) electrons. The van der Waals surface area contributed by atoms with E-state index in [1.54, 1.807) is 0 Å². The summed E-state index contributed by atoms with van der Waals surface area (Å²) in [5, 5.41) is 2.50. The Bertz CT molecular complexity index is 1230. The monoisotopic (exact) mass is 312 g/mol. The van der Waals surface area contributed by atoms with Crippen LogP contribution in [0.1, 0.15) is 0 Å². The van der Waals surface area contributed by atoms with Gasteiger partial charge in [0.05, 0.1) is 0 Å². The number of para-hydroxylation sites is 1. The van der Waals surface area contributed by atoms with E-state index in [2.05, 4.69) is 101 Å². The summed E-state index contributed by atoms with van der Waals surface area (Å²) in [6, 6.07) is 24.0. The molecule has 2 aromatic carbocycles. The van der Waals surface area contributed by atoms with Crippen molar-refractivity contribution in [2.45, 2.75) is 0 Å².